The first-order valence-electron chi connectivity index (χ1n) is 6.86. The lowest BCUT2D eigenvalue weighted by Crippen LogP contribution is -2.58. The van der Waals surface area contributed by atoms with Gasteiger partial charge in [0.1, 0.15) is 6.04 Å². The number of nitrogens with one attached hydrogen (secondary N) is 1. The molecule has 0 aliphatic carbocycles. The van der Waals surface area contributed by atoms with E-state index in [9.17, 15) is 29.3 Å². The minimum Gasteiger partial charge on any atom is -0.295 e. The molecule has 1 fully saturated rings. The highest BCUT2D eigenvalue weighted by atomic mass is 16.6. The minimum atomic E-state index is -1.07. The minimum absolute atomic E-state index is 0.0231. The van der Waals surface area contributed by atoms with Crippen molar-refractivity contribution >= 4 is 29.3 Å². The molecule has 1 N–H and O–H groups in total. The number of amides is 4. The Morgan fingerprint density at radius 2 is 1.96 bits per heavy atom. The molecule has 0 radical (unpaired) electrons. The molecule has 0 bridgehead atoms. The fraction of sp³-hybridized carbons (Fsp3) is 0.286. The highest BCUT2D eigenvalue weighted by Crippen LogP contribution is 2.30. The van der Waals surface area contributed by atoms with Crippen LogP contribution in [0.2, 0.25) is 0 Å². The lowest BCUT2D eigenvalue weighted by molar-refractivity contribution is -0.385. The van der Waals surface area contributed by atoms with Gasteiger partial charge in [0, 0.05) is 12.5 Å². The molecule has 9 heteroatoms. The first-order valence-corrected chi connectivity index (χ1v) is 6.86. The van der Waals surface area contributed by atoms with Crippen LogP contribution in [0, 0.1) is 10.1 Å². The zero-order valence-corrected chi connectivity index (χ0v) is 11.8. The largest absolute Gasteiger partial charge is 0.295 e. The van der Waals surface area contributed by atoms with Crippen molar-refractivity contribution in [3.63, 3.8) is 0 Å². The molecule has 0 spiro atoms. The monoisotopic (exact) mass is 317 g/mol. The molecule has 0 aromatic heterocycles. The topological polar surface area (TPSA) is 127 Å². The molecule has 0 saturated carbocycles. The number of carbonyl (C=O) groups excluding carboxylic acids is 4. The summed E-state index contributed by atoms with van der Waals surface area (Å²) in [6.45, 7) is 0. The molecule has 3 rings (SSSR count). The van der Waals surface area contributed by atoms with Gasteiger partial charge in [0.05, 0.1) is 22.5 Å². The van der Waals surface area contributed by atoms with E-state index in [0.29, 0.717) is 0 Å². The van der Waals surface area contributed by atoms with Crippen LogP contribution in [0.25, 0.3) is 0 Å². The maximum absolute atomic E-state index is 12.5. The molecular weight excluding hydrogens is 306 g/mol. The van der Waals surface area contributed by atoms with E-state index in [1.165, 1.54) is 18.2 Å². The maximum Gasteiger partial charge on any atom is 0.273 e. The van der Waals surface area contributed by atoms with E-state index in [0.717, 1.165) is 4.90 Å². The van der Waals surface area contributed by atoms with Crippen molar-refractivity contribution < 1.29 is 24.1 Å². The molecule has 1 aromatic carbocycles. The van der Waals surface area contributed by atoms with E-state index in [4.69, 9.17) is 0 Å². The third-order valence-electron chi connectivity index (χ3n) is 3.92. The van der Waals surface area contributed by atoms with Crippen LogP contribution in [-0.2, 0) is 20.8 Å². The van der Waals surface area contributed by atoms with Crippen LogP contribution in [0.1, 0.15) is 28.8 Å². The summed E-state index contributed by atoms with van der Waals surface area (Å²) in [4.78, 5) is 59.1. The summed E-state index contributed by atoms with van der Waals surface area (Å²) in [5, 5.41) is 13.1. The van der Waals surface area contributed by atoms with Gasteiger partial charge in [0.15, 0.2) is 0 Å². The molecule has 9 nitrogen and oxygen atoms in total. The summed E-state index contributed by atoms with van der Waals surface area (Å²) >= 11 is 0. The van der Waals surface area contributed by atoms with Gasteiger partial charge in [0.2, 0.25) is 17.7 Å². The summed E-state index contributed by atoms with van der Waals surface area (Å²) < 4.78 is 0. The highest BCUT2D eigenvalue weighted by molar-refractivity contribution is 6.14. The van der Waals surface area contributed by atoms with Crippen molar-refractivity contribution in [2.45, 2.75) is 25.3 Å². The van der Waals surface area contributed by atoms with E-state index < -0.39 is 34.6 Å². The molecule has 2 aliphatic rings. The third-order valence-corrected chi connectivity index (χ3v) is 3.92. The van der Waals surface area contributed by atoms with Crippen molar-refractivity contribution in [1.82, 2.24) is 10.2 Å². The number of piperidine rings is 1. The number of benzene rings is 1. The number of fused-ring (bicyclic) bond motifs is 1. The van der Waals surface area contributed by atoms with Gasteiger partial charge in [-0.05, 0) is 12.5 Å². The Morgan fingerprint density at radius 1 is 1.22 bits per heavy atom. The van der Waals surface area contributed by atoms with Crippen LogP contribution in [0.5, 0.6) is 0 Å². The number of hydrogen-bond acceptors (Lipinski definition) is 6. The Morgan fingerprint density at radius 3 is 2.61 bits per heavy atom. The predicted octanol–water partition coefficient (Wildman–Crippen LogP) is -0.0751. The fourth-order valence-corrected chi connectivity index (χ4v) is 2.86. The lowest BCUT2D eigenvalue weighted by Gasteiger charge is -2.34. The normalized spacial score (nSPS) is 21.0. The molecule has 1 aromatic rings. The molecule has 1 unspecified atom stereocenters. The van der Waals surface area contributed by atoms with Crippen molar-refractivity contribution in [2.24, 2.45) is 0 Å². The molecule has 4 amide bonds. The van der Waals surface area contributed by atoms with Crippen LogP contribution < -0.4 is 5.32 Å². The van der Waals surface area contributed by atoms with Gasteiger partial charge in [-0.3, -0.25) is 39.5 Å². The van der Waals surface area contributed by atoms with E-state index in [1.54, 1.807) is 0 Å². The summed E-state index contributed by atoms with van der Waals surface area (Å²) in [6.07, 6.45) is -0.266. The molecule has 1 saturated heterocycles. The van der Waals surface area contributed by atoms with Crippen LogP contribution in [0.4, 0.5) is 5.69 Å². The number of rotatable bonds is 2. The third kappa shape index (κ3) is 2.35. The van der Waals surface area contributed by atoms with Crippen LogP contribution in [0.3, 0.4) is 0 Å². The Kier molecular flexibility index (Phi) is 3.40. The zero-order valence-electron chi connectivity index (χ0n) is 11.8. The van der Waals surface area contributed by atoms with Crippen LogP contribution in [0.15, 0.2) is 18.2 Å². The van der Waals surface area contributed by atoms with Crippen molar-refractivity contribution in [3.05, 3.63) is 39.4 Å². The van der Waals surface area contributed by atoms with E-state index in [1.807, 2.05) is 0 Å². The first kappa shape index (κ1) is 14.8. The summed E-state index contributed by atoms with van der Waals surface area (Å²) in [5.74, 6) is -2.61. The average Bonchev–Trinajstić information content (AvgIpc) is 2.48. The maximum atomic E-state index is 12.5. The molecule has 2 aliphatic heterocycles. The highest BCUT2D eigenvalue weighted by Gasteiger charge is 2.43. The van der Waals surface area contributed by atoms with Gasteiger partial charge >= 0.3 is 0 Å². The van der Waals surface area contributed by atoms with Crippen LogP contribution in [-0.4, -0.2) is 39.5 Å². The second-order valence-corrected chi connectivity index (χ2v) is 5.27. The first-order chi connectivity index (χ1) is 10.9. The molecule has 23 heavy (non-hydrogen) atoms. The smallest absolute Gasteiger partial charge is 0.273 e. The molecule has 2 heterocycles. The number of hydrogen-bond donors (Lipinski definition) is 1. The lowest BCUT2D eigenvalue weighted by atomic mass is 9.93. The number of carbonyl (C=O) groups is 4. The Bertz CT molecular complexity index is 772. The second kappa shape index (κ2) is 5.27. The number of nitro groups is 1. The summed E-state index contributed by atoms with van der Waals surface area (Å²) in [5.41, 5.74) is -0.216. The Hall–Kier alpha value is -3.10. The summed E-state index contributed by atoms with van der Waals surface area (Å²) in [7, 11) is 0. The zero-order chi connectivity index (χ0) is 16.7. The van der Waals surface area contributed by atoms with Crippen LogP contribution >= 0.6 is 0 Å². The van der Waals surface area contributed by atoms with Gasteiger partial charge in [-0.15, -0.1) is 0 Å². The summed E-state index contributed by atoms with van der Waals surface area (Å²) in [6, 6.07) is 2.89. The number of nitrogens with zero attached hydrogens (tertiary/aromatic N) is 2. The van der Waals surface area contributed by atoms with Gasteiger partial charge in [-0.25, -0.2) is 0 Å². The Labute approximate surface area is 129 Å². The number of imide groups is 2. The average molecular weight is 317 g/mol. The van der Waals surface area contributed by atoms with E-state index >= 15 is 0 Å². The molecular formula is C14H11N3O6. The standard InChI is InChI=1S/C14H11N3O6/c18-11-5-4-10(13(20)15-11)16-12(19)6-8-7(14(16)21)2-1-3-9(8)17(22)23/h1-3,10H,4-6H2,(H,15,18,20). The Balaban J connectivity index is 2.01. The predicted molar refractivity (Wildman–Crippen MR) is 74.1 cm³/mol. The molecule has 118 valence electrons. The van der Waals surface area contributed by atoms with Crippen molar-refractivity contribution in [1.29, 1.82) is 0 Å². The number of nitro benzene ring substituents is 1. The van der Waals surface area contributed by atoms with Gasteiger partial charge in [-0.1, -0.05) is 6.07 Å². The molecule has 1 atom stereocenters. The van der Waals surface area contributed by atoms with E-state index in [2.05, 4.69) is 5.32 Å². The van der Waals surface area contributed by atoms with Gasteiger partial charge < -0.3 is 0 Å². The van der Waals surface area contributed by atoms with Crippen molar-refractivity contribution in [2.75, 3.05) is 0 Å². The van der Waals surface area contributed by atoms with Gasteiger partial charge in [0.25, 0.3) is 11.6 Å². The van der Waals surface area contributed by atoms with E-state index in [-0.39, 0.29) is 36.1 Å². The fourth-order valence-electron chi connectivity index (χ4n) is 2.86. The second-order valence-electron chi connectivity index (χ2n) is 5.27. The van der Waals surface area contributed by atoms with Crippen molar-refractivity contribution in [3.8, 4) is 0 Å². The van der Waals surface area contributed by atoms with Gasteiger partial charge in [-0.2, -0.15) is 0 Å². The quantitative estimate of drug-likeness (QED) is 0.462. The SMILES string of the molecule is O=C1CCC(N2C(=O)Cc3c(cccc3[N+](=O)[O-])C2=O)C(=O)N1.